The van der Waals surface area contributed by atoms with Crippen LogP contribution in [0.15, 0.2) is 48.5 Å². The summed E-state index contributed by atoms with van der Waals surface area (Å²) in [5.74, 6) is -0.252. The van der Waals surface area contributed by atoms with E-state index in [9.17, 15) is 9.59 Å². The second-order valence-electron chi connectivity index (χ2n) is 7.31. The lowest BCUT2D eigenvalue weighted by Gasteiger charge is -2.33. The summed E-state index contributed by atoms with van der Waals surface area (Å²) in [6, 6.07) is 14.3. The molecule has 29 heavy (non-hydrogen) atoms. The average molecular weight is 436 g/mol. The summed E-state index contributed by atoms with van der Waals surface area (Å²) in [5.41, 5.74) is 8.03. The van der Waals surface area contributed by atoms with Gasteiger partial charge in [0.25, 0.3) is 5.91 Å². The van der Waals surface area contributed by atoms with Gasteiger partial charge in [-0.2, -0.15) is 0 Å². The van der Waals surface area contributed by atoms with Crippen molar-refractivity contribution in [2.75, 3.05) is 11.9 Å². The van der Waals surface area contributed by atoms with E-state index in [1.165, 1.54) is 0 Å². The predicted octanol–water partition coefficient (Wildman–Crippen LogP) is 4.81. The van der Waals surface area contributed by atoms with E-state index in [4.69, 9.17) is 17.3 Å². The summed E-state index contributed by atoms with van der Waals surface area (Å²) < 4.78 is 0. The van der Waals surface area contributed by atoms with Crippen molar-refractivity contribution in [1.82, 2.24) is 4.90 Å². The number of nitrogens with zero attached hydrogens (tertiary/aromatic N) is 1. The molecule has 1 saturated heterocycles. The third kappa shape index (κ3) is 5.95. The molecule has 0 bridgehead atoms. The zero-order chi connectivity index (χ0) is 20.1. The molecule has 2 aromatic rings. The number of rotatable bonds is 5. The van der Waals surface area contributed by atoms with Crippen molar-refractivity contribution in [3.05, 3.63) is 64.7 Å². The average Bonchev–Trinajstić information content (AvgIpc) is 2.68. The molecule has 0 aromatic heterocycles. The number of nitrogens with two attached hydrogens (primary N) is 1. The molecule has 2 unspecified atom stereocenters. The Morgan fingerprint density at radius 1 is 1.21 bits per heavy atom. The van der Waals surface area contributed by atoms with Crippen LogP contribution in [0.4, 0.5) is 5.69 Å². The lowest BCUT2D eigenvalue weighted by Crippen LogP contribution is -2.42. The van der Waals surface area contributed by atoms with E-state index < -0.39 is 0 Å². The molecule has 3 N–H and O–H groups in total. The first-order valence-corrected chi connectivity index (χ1v) is 10.0. The summed E-state index contributed by atoms with van der Waals surface area (Å²) in [6.07, 6.45) is 3.34. The van der Waals surface area contributed by atoms with Crippen molar-refractivity contribution in [2.45, 2.75) is 44.7 Å². The number of carbonyl (C=O) groups is 2. The molecule has 2 amide bonds. The maximum absolute atomic E-state index is 12.8. The molecule has 2 aromatic carbocycles. The van der Waals surface area contributed by atoms with Crippen LogP contribution in [0.5, 0.6) is 0 Å². The number of likely N-dealkylation sites (tertiary alicyclic amines) is 1. The molecule has 5 nitrogen and oxygen atoms in total. The van der Waals surface area contributed by atoms with Crippen LogP contribution in [0.1, 0.15) is 54.6 Å². The maximum Gasteiger partial charge on any atom is 0.255 e. The number of amides is 2. The number of hydrogen-bond donors (Lipinski definition) is 2. The summed E-state index contributed by atoms with van der Waals surface area (Å²) in [6.45, 7) is 2.82. The van der Waals surface area contributed by atoms with Crippen molar-refractivity contribution < 1.29 is 9.59 Å². The van der Waals surface area contributed by atoms with Gasteiger partial charge in [-0.3, -0.25) is 9.59 Å². The number of hydrogen-bond acceptors (Lipinski definition) is 3. The summed E-state index contributed by atoms with van der Waals surface area (Å²) in [7, 11) is 0. The second-order valence-corrected chi connectivity index (χ2v) is 7.71. The van der Waals surface area contributed by atoms with Crippen LogP contribution >= 0.6 is 24.0 Å². The monoisotopic (exact) mass is 435 g/mol. The van der Waals surface area contributed by atoms with E-state index in [1.807, 2.05) is 35.2 Å². The first-order chi connectivity index (χ1) is 13.5. The topological polar surface area (TPSA) is 75.4 Å². The molecule has 0 saturated carbocycles. The molecule has 1 fully saturated rings. The van der Waals surface area contributed by atoms with Gasteiger partial charge in [0, 0.05) is 30.7 Å². The molecule has 1 aliphatic heterocycles. The van der Waals surface area contributed by atoms with Crippen LogP contribution in [0, 0.1) is 0 Å². The Morgan fingerprint density at radius 2 is 1.93 bits per heavy atom. The largest absolute Gasteiger partial charge is 0.336 e. The third-order valence-electron chi connectivity index (χ3n) is 5.18. The van der Waals surface area contributed by atoms with Gasteiger partial charge in [0.2, 0.25) is 5.91 Å². The van der Waals surface area contributed by atoms with Gasteiger partial charge in [-0.1, -0.05) is 41.9 Å². The molecular weight excluding hydrogens is 409 g/mol. The Hall–Kier alpha value is -2.08. The lowest BCUT2D eigenvalue weighted by atomic mass is 10.0. The molecule has 0 radical (unpaired) electrons. The van der Waals surface area contributed by atoms with Crippen LogP contribution in [0.3, 0.4) is 0 Å². The lowest BCUT2D eigenvalue weighted by molar-refractivity contribution is -0.116. The molecule has 3 rings (SSSR count). The molecule has 0 aliphatic carbocycles. The van der Waals surface area contributed by atoms with E-state index in [0.717, 1.165) is 31.4 Å². The SMILES string of the molecule is CC1CCCCN1C(=O)c1ccc(NC(=O)CC(N)c2ccccc2)cc1Cl.Cl. The van der Waals surface area contributed by atoms with Crippen LogP contribution < -0.4 is 11.1 Å². The van der Waals surface area contributed by atoms with E-state index in [0.29, 0.717) is 16.3 Å². The van der Waals surface area contributed by atoms with Crippen LogP contribution in [0.2, 0.25) is 5.02 Å². The minimum Gasteiger partial charge on any atom is -0.336 e. The highest BCUT2D eigenvalue weighted by Gasteiger charge is 2.25. The highest BCUT2D eigenvalue weighted by atomic mass is 35.5. The van der Waals surface area contributed by atoms with Gasteiger partial charge in [0.1, 0.15) is 0 Å². The van der Waals surface area contributed by atoms with Gasteiger partial charge in [0.05, 0.1) is 10.6 Å². The molecule has 7 heteroatoms. The minimum absolute atomic E-state index is 0. The Kier molecular flexibility index (Phi) is 8.50. The van der Waals surface area contributed by atoms with E-state index in [-0.39, 0.29) is 42.7 Å². The third-order valence-corrected chi connectivity index (χ3v) is 5.49. The standard InChI is InChI=1S/C22H26ClN3O2.ClH/c1-15-7-5-6-12-26(15)22(28)18-11-10-17(13-19(18)23)25-21(27)14-20(24)16-8-3-2-4-9-16;/h2-4,8-11,13,15,20H,5-7,12,14,24H2,1H3,(H,25,27);1H. The number of benzene rings is 2. The van der Waals surface area contributed by atoms with E-state index in [2.05, 4.69) is 12.2 Å². The first-order valence-electron chi connectivity index (χ1n) is 9.66. The van der Waals surface area contributed by atoms with Gasteiger partial charge < -0.3 is 16.0 Å². The minimum atomic E-state index is -0.377. The first kappa shape index (κ1) is 23.2. The summed E-state index contributed by atoms with van der Waals surface area (Å²) in [5, 5.41) is 3.15. The van der Waals surface area contributed by atoms with Crippen LogP contribution in [-0.4, -0.2) is 29.3 Å². The fraction of sp³-hybridized carbons (Fsp3) is 0.364. The van der Waals surface area contributed by atoms with Gasteiger partial charge in [-0.15, -0.1) is 12.4 Å². The van der Waals surface area contributed by atoms with Crippen molar-refractivity contribution in [1.29, 1.82) is 0 Å². The molecule has 2 atom stereocenters. The normalized spacial score (nSPS) is 17.2. The fourth-order valence-electron chi connectivity index (χ4n) is 3.55. The maximum atomic E-state index is 12.8. The number of piperidine rings is 1. The van der Waals surface area contributed by atoms with Crippen LogP contribution in [-0.2, 0) is 4.79 Å². The predicted molar refractivity (Wildman–Crippen MR) is 120 cm³/mol. The van der Waals surface area contributed by atoms with Crippen LogP contribution in [0.25, 0.3) is 0 Å². The Morgan fingerprint density at radius 3 is 2.59 bits per heavy atom. The van der Waals surface area contributed by atoms with Crippen molar-refractivity contribution in [3.8, 4) is 0 Å². The second kappa shape index (κ2) is 10.6. The zero-order valence-corrected chi connectivity index (χ0v) is 18.0. The number of nitrogens with one attached hydrogen (secondary N) is 1. The Labute approximate surface area is 183 Å². The molecule has 156 valence electrons. The van der Waals surface area contributed by atoms with Crippen molar-refractivity contribution in [3.63, 3.8) is 0 Å². The Balaban J connectivity index is 0.00000300. The molecule has 0 spiro atoms. The summed E-state index contributed by atoms with van der Waals surface area (Å²) in [4.78, 5) is 27.0. The fourth-order valence-corrected chi connectivity index (χ4v) is 3.81. The van der Waals surface area contributed by atoms with Crippen molar-refractivity contribution >= 4 is 41.5 Å². The Bertz CT molecular complexity index is 845. The highest BCUT2D eigenvalue weighted by molar-refractivity contribution is 6.34. The zero-order valence-electron chi connectivity index (χ0n) is 16.4. The van der Waals surface area contributed by atoms with Gasteiger partial charge in [-0.05, 0) is 49.9 Å². The van der Waals surface area contributed by atoms with Gasteiger partial charge in [0.15, 0.2) is 0 Å². The van der Waals surface area contributed by atoms with E-state index >= 15 is 0 Å². The molecule has 1 aliphatic rings. The van der Waals surface area contributed by atoms with Crippen molar-refractivity contribution in [2.24, 2.45) is 5.73 Å². The van der Waals surface area contributed by atoms with E-state index in [1.54, 1.807) is 18.2 Å². The number of carbonyl (C=O) groups excluding carboxylic acids is 2. The highest BCUT2D eigenvalue weighted by Crippen LogP contribution is 2.26. The van der Waals surface area contributed by atoms with Gasteiger partial charge in [-0.25, -0.2) is 0 Å². The van der Waals surface area contributed by atoms with Gasteiger partial charge >= 0.3 is 0 Å². The molecule has 1 heterocycles. The number of halogens is 2. The summed E-state index contributed by atoms with van der Waals surface area (Å²) >= 11 is 6.35. The molecular formula is C22H27Cl2N3O2. The quantitative estimate of drug-likeness (QED) is 0.707. The smallest absolute Gasteiger partial charge is 0.255 e. The number of anilines is 1.